The summed E-state index contributed by atoms with van der Waals surface area (Å²) < 4.78 is 0. The van der Waals surface area contributed by atoms with Gasteiger partial charge in [-0.15, -0.1) is 0 Å². The second-order valence-corrected chi connectivity index (χ2v) is 4.94. The third kappa shape index (κ3) is 3.31. The number of carbonyl (C=O) groups is 1. The second-order valence-electron chi connectivity index (χ2n) is 4.53. The topological polar surface area (TPSA) is 55.1 Å². The summed E-state index contributed by atoms with van der Waals surface area (Å²) in [5.74, 6) is -0.460. The molecule has 0 atom stereocenters. The number of hydrogen-bond acceptors (Lipinski definition) is 2. The Balaban J connectivity index is 2.18. The van der Waals surface area contributed by atoms with E-state index in [0.717, 1.165) is 6.42 Å². The molecule has 3 nitrogen and oxygen atoms in total. The summed E-state index contributed by atoms with van der Waals surface area (Å²) in [6.07, 6.45) is 0.979. The van der Waals surface area contributed by atoms with Gasteiger partial charge in [-0.2, -0.15) is 0 Å². The summed E-state index contributed by atoms with van der Waals surface area (Å²) in [5.41, 5.74) is 8.95. The second kappa shape index (κ2) is 6.44. The maximum absolute atomic E-state index is 11.2. The number of hydrogen-bond donors (Lipinski definition) is 2. The molecule has 1 amide bonds. The van der Waals surface area contributed by atoms with Crippen LogP contribution in [0, 0.1) is 0 Å². The number of carbonyl (C=O) groups excluding carboxylic acids is 1. The molecule has 2 aromatic carbocycles. The van der Waals surface area contributed by atoms with Gasteiger partial charge in [0.2, 0.25) is 5.91 Å². The van der Waals surface area contributed by atoms with Gasteiger partial charge in [0.25, 0.3) is 0 Å². The SMILES string of the molecule is CCc1ccccc1CNc1cc(C(N)=O)ccc1Cl. The molecular formula is C16H17ClN2O. The Labute approximate surface area is 123 Å². The van der Waals surface area contributed by atoms with Gasteiger partial charge in [-0.1, -0.05) is 42.8 Å². The summed E-state index contributed by atoms with van der Waals surface area (Å²) >= 11 is 6.13. The molecule has 20 heavy (non-hydrogen) atoms. The maximum Gasteiger partial charge on any atom is 0.248 e. The lowest BCUT2D eigenvalue weighted by Crippen LogP contribution is -2.11. The normalized spacial score (nSPS) is 10.3. The molecule has 0 radical (unpaired) electrons. The molecule has 0 saturated carbocycles. The zero-order valence-electron chi connectivity index (χ0n) is 11.3. The van der Waals surface area contributed by atoms with E-state index in [0.29, 0.717) is 22.8 Å². The molecule has 0 aliphatic carbocycles. The predicted molar refractivity (Wildman–Crippen MR) is 83.1 cm³/mol. The van der Waals surface area contributed by atoms with Crippen molar-refractivity contribution in [1.29, 1.82) is 0 Å². The minimum absolute atomic E-state index is 0.445. The van der Waals surface area contributed by atoms with Crippen molar-refractivity contribution in [3.63, 3.8) is 0 Å². The van der Waals surface area contributed by atoms with Gasteiger partial charge in [0.15, 0.2) is 0 Å². The number of halogens is 1. The highest BCUT2D eigenvalue weighted by Gasteiger charge is 2.06. The molecule has 0 bridgehead atoms. The first kappa shape index (κ1) is 14.4. The molecule has 2 rings (SSSR count). The fraction of sp³-hybridized carbons (Fsp3) is 0.188. The van der Waals surface area contributed by atoms with Gasteiger partial charge < -0.3 is 11.1 Å². The first-order valence-corrected chi connectivity index (χ1v) is 6.89. The van der Waals surface area contributed by atoms with Crippen LogP contribution in [0.25, 0.3) is 0 Å². The van der Waals surface area contributed by atoms with Gasteiger partial charge >= 0.3 is 0 Å². The van der Waals surface area contributed by atoms with E-state index in [-0.39, 0.29) is 0 Å². The average molecular weight is 289 g/mol. The highest BCUT2D eigenvalue weighted by molar-refractivity contribution is 6.33. The summed E-state index contributed by atoms with van der Waals surface area (Å²) in [7, 11) is 0. The van der Waals surface area contributed by atoms with Gasteiger partial charge in [-0.25, -0.2) is 0 Å². The third-order valence-electron chi connectivity index (χ3n) is 3.22. The van der Waals surface area contributed by atoms with Gasteiger partial charge in [0, 0.05) is 12.1 Å². The fourth-order valence-corrected chi connectivity index (χ4v) is 2.26. The number of amides is 1. The summed E-state index contributed by atoms with van der Waals surface area (Å²) in [6, 6.07) is 13.2. The van der Waals surface area contributed by atoms with Crippen LogP contribution in [0.1, 0.15) is 28.4 Å². The lowest BCUT2D eigenvalue weighted by molar-refractivity contribution is 0.100. The molecule has 0 heterocycles. The van der Waals surface area contributed by atoms with Crippen molar-refractivity contribution in [2.24, 2.45) is 5.73 Å². The molecule has 3 N–H and O–H groups in total. The Morgan fingerprint density at radius 3 is 2.55 bits per heavy atom. The van der Waals surface area contributed by atoms with Crippen LogP contribution < -0.4 is 11.1 Å². The van der Waals surface area contributed by atoms with Crippen LogP contribution in [-0.4, -0.2) is 5.91 Å². The zero-order chi connectivity index (χ0) is 14.5. The molecule has 0 spiro atoms. The largest absolute Gasteiger partial charge is 0.380 e. The lowest BCUT2D eigenvalue weighted by atomic mass is 10.1. The van der Waals surface area contributed by atoms with E-state index in [9.17, 15) is 4.79 Å². The van der Waals surface area contributed by atoms with Crippen LogP contribution in [0.2, 0.25) is 5.02 Å². The molecule has 0 aliphatic heterocycles. The van der Waals surface area contributed by atoms with Crippen molar-refractivity contribution in [3.8, 4) is 0 Å². The van der Waals surface area contributed by atoms with E-state index in [1.807, 2.05) is 12.1 Å². The van der Waals surface area contributed by atoms with Crippen LogP contribution in [-0.2, 0) is 13.0 Å². The molecule has 0 unspecified atom stereocenters. The van der Waals surface area contributed by atoms with Crippen molar-refractivity contribution in [2.75, 3.05) is 5.32 Å². The molecule has 104 valence electrons. The predicted octanol–water partition coefficient (Wildman–Crippen LogP) is 3.61. The Kier molecular flexibility index (Phi) is 4.64. The van der Waals surface area contributed by atoms with Gasteiger partial charge in [-0.3, -0.25) is 4.79 Å². The molecule has 2 aromatic rings. The van der Waals surface area contributed by atoms with E-state index < -0.39 is 5.91 Å². The Bertz CT molecular complexity index is 626. The quantitative estimate of drug-likeness (QED) is 0.883. The average Bonchev–Trinajstić information content (AvgIpc) is 2.46. The Morgan fingerprint density at radius 1 is 1.20 bits per heavy atom. The van der Waals surface area contributed by atoms with E-state index in [1.165, 1.54) is 11.1 Å². The fourth-order valence-electron chi connectivity index (χ4n) is 2.08. The number of aryl methyl sites for hydroxylation is 1. The lowest BCUT2D eigenvalue weighted by Gasteiger charge is -2.12. The highest BCUT2D eigenvalue weighted by Crippen LogP contribution is 2.24. The molecular weight excluding hydrogens is 272 g/mol. The van der Waals surface area contributed by atoms with Crippen LogP contribution in [0.15, 0.2) is 42.5 Å². The van der Waals surface area contributed by atoms with E-state index in [1.54, 1.807) is 18.2 Å². The number of nitrogens with one attached hydrogen (secondary N) is 1. The number of rotatable bonds is 5. The number of nitrogens with two attached hydrogens (primary N) is 1. The molecule has 0 fully saturated rings. The van der Waals surface area contributed by atoms with Crippen LogP contribution in [0.4, 0.5) is 5.69 Å². The van der Waals surface area contributed by atoms with E-state index in [2.05, 4.69) is 24.4 Å². The van der Waals surface area contributed by atoms with Gasteiger partial charge in [-0.05, 0) is 35.7 Å². The monoisotopic (exact) mass is 288 g/mol. The number of benzene rings is 2. The van der Waals surface area contributed by atoms with Crippen LogP contribution >= 0.6 is 11.6 Å². The highest BCUT2D eigenvalue weighted by atomic mass is 35.5. The minimum Gasteiger partial charge on any atom is -0.380 e. The van der Waals surface area contributed by atoms with Gasteiger partial charge in [0.05, 0.1) is 10.7 Å². The van der Waals surface area contributed by atoms with Crippen LogP contribution in [0.5, 0.6) is 0 Å². The minimum atomic E-state index is -0.460. The number of anilines is 1. The van der Waals surface area contributed by atoms with Crippen molar-refractivity contribution in [1.82, 2.24) is 0 Å². The zero-order valence-corrected chi connectivity index (χ0v) is 12.1. The maximum atomic E-state index is 11.2. The molecule has 0 saturated heterocycles. The van der Waals surface area contributed by atoms with Gasteiger partial charge in [0.1, 0.15) is 0 Å². The van der Waals surface area contributed by atoms with Crippen molar-refractivity contribution < 1.29 is 4.79 Å². The summed E-state index contributed by atoms with van der Waals surface area (Å²) in [6.45, 7) is 2.78. The van der Waals surface area contributed by atoms with Crippen LogP contribution in [0.3, 0.4) is 0 Å². The number of primary amides is 1. The first-order chi connectivity index (χ1) is 9.61. The smallest absolute Gasteiger partial charge is 0.248 e. The first-order valence-electron chi connectivity index (χ1n) is 6.51. The molecule has 4 heteroatoms. The molecule has 0 aromatic heterocycles. The molecule has 0 aliphatic rings. The summed E-state index contributed by atoms with van der Waals surface area (Å²) in [5, 5.41) is 3.83. The van der Waals surface area contributed by atoms with Crippen molar-refractivity contribution in [3.05, 3.63) is 64.2 Å². The third-order valence-corrected chi connectivity index (χ3v) is 3.55. The van der Waals surface area contributed by atoms with E-state index >= 15 is 0 Å². The summed E-state index contributed by atoms with van der Waals surface area (Å²) in [4.78, 5) is 11.2. The van der Waals surface area contributed by atoms with Crippen molar-refractivity contribution in [2.45, 2.75) is 19.9 Å². The Morgan fingerprint density at radius 2 is 1.90 bits per heavy atom. The van der Waals surface area contributed by atoms with Crippen molar-refractivity contribution >= 4 is 23.2 Å². The Hall–Kier alpha value is -2.00. The van der Waals surface area contributed by atoms with E-state index in [4.69, 9.17) is 17.3 Å². The standard InChI is InChI=1S/C16H17ClN2O/c1-2-11-5-3-4-6-13(11)10-19-15-9-12(16(18)20)7-8-14(15)17/h3-9,19H,2,10H2,1H3,(H2,18,20).